The first-order chi connectivity index (χ1) is 8.52. The van der Waals surface area contributed by atoms with Gasteiger partial charge in [-0.2, -0.15) is 0 Å². The number of benzene rings is 1. The van der Waals surface area contributed by atoms with E-state index in [1.165, 1.54) is 12.1 Å². The molecule has 1 aromatic carbocycles. The highest BCUT2D eigenvalue weighted by Crippen LogP contribution is 2.38. The normalized spacial score (nSPS) is 12.7. The molecule has 0 radical (unpaired) electrons. The topological polar surface area (TPSA) is 12.0 Å². The van der Waals surface area contributed by atoms with Crippen LogP contribution >= 0.6 is 61.5 Å². The van der Waals surface area contributed by atoms with Gasteiger partial charge in [0, 0.05) is 8.45 Å². The molecule has 0 aliphatic carbocycles. The van der Waals surface area contributed by atoms with Gasteiger partial charge in [-0.05, 0) is 69.3 Å². The van der Waals surface area contributed by atoms with Crippen molar-refractivity contribution >= 4 is 61.5 Å². The van der Waals surface area contributed by atoms with Crippen molar-refractivity contribution in [3.05, 3.63) is 52.9 Å². The first-order valence-electron chi connectivity index (χ1n) is 5.10. The Balaban J connectivity index is 2.45. The summed E-state index contributed by atoms with van der Waals surface area (Å²) in [6, 6.07) is 6.76. The van der Waals surface area contributed by atoms with Crippen molar-refractivity contribution in [1.29, 1.82) is 0 Å². The smallest absolute Gasteiger partial charge is 0.124 e. The molecule has 0 bridgehead atoms. The Bertz CT molecular complexity index is 556. The Morgan fingerprint density at radius 3 is 2.67 bits per heavy atom. The van der Waals surface area contributed by atoms with Gasteiger partial charge in [0.15, 0.2) is 0 Å². The molecule has 6 heteroatoms. The molecule has 1 N–H and O–H groups in total. The van der Waals surface area contributed by atoms with Crippen molar-refractivity contribution in [2.75, 3.05) is 7.05 Å². The zero-order valence-electron chi connectivity index (χ0n) is 9.31. The maximum absolute atomic E-state index is 13.1. The van der Waals surface area contributed by atoms with Crippen LogP contribution in [0.25, 0.3) is 0 Å². The van der Waals surface area contributed by atoms with E-state index in [4.69, 9.17) is 11.6 Å². The monoisotopic (exact) mass is 459 g/mol. The maximum Gasteiger partial charge on any atom is 0.124 e. The first kappa shape index (κ1) is 14.7. The van der Waals surface area contributed by atoms with E-state index in [1.807, 2.05) is 13.1 Å². The average Bonchev–Trinajstić information content (AvgIpc) is 2.63. The molecular formula is C12H9BrClFINS. The van der Waals surface area contributed by atoms with Crippen LogP contribution in [0.15, 0.2) is 28.1 Å². The molecule has 0 fully saturated rings. The van der Waals surface area contributed by atoms with Crippen molar-refractivity contribution in [1.82, 2.24) is 5.32 Å². The van der Waals surface area contributed by atoms with Gasteiger partial charge in [-0.25, -0.2) is 4.39 Å². The van der Waals surface area contributed by atoms with Crippen LogP contribution in [-0.2, 0) is 0 Å². The average molecular weight is 461 g/mol. The van der Waals surface area contributed by atoms with Gasteiger partial charge in [-0.3, -0.25) is 0 Å². The zero-order chi connectivity index (χ0) is 13.3. The van der Waals surface area contributed by atoms with E-state index in [9.17, 15) is 4.39 Å². The molecule has 2 rings (SSSR count). The van der Waals surface area contributed by atoms with Gasteiger partial charge in [0.25, 0.3) is 0 Å². The highest BCUT2D eigenvalue weighted by Gasteiger charge is 2.18. The molecule has 1 heterocycles. The van der Waals surface area contributed by atoms with Crippen LogP contribution in [0.1, 0.15) is 16.5 Å². The third-order valence-electron chi connectivity index (χ3n) is 2.51. The molecule has 1 unspecified atom stereocenters. The fourth-order valence-corrected chi connectivity index (χ4v) is 4.36. The molecule has 1 aromatic heterocycles. The summed E-state index contributed by atoms with van der Waals surface area (Å²) in [4.78, 5) is 1.10. The molecule has 1 nitrogen and oxygen atoms in total. The molecule has 0 aliphatic heterocycles. The molecule has 96 valence electrons. The zero-order valence-corrected chi connectivity index (χ0v) is 14.6. The van der Waals surface area contributed by atoms with Crippen molar-refractivity contribution in [3.8, 4) is 0 Å². The van der Waals surface area contributed by atoms with E-state index in [0.717, 1.165) is 17.8 Å². The van der Waals surface area contributed by atoms with Crippen molar-refractivity contribution in [2.45, 2.75) is 6.04 Å². The summed E-state index contributed by atoms with van der Waals surface area (Å²) in [5, 5.41) is 3.94. The van der Waals surface area contributed by atoms with Gasteiger partial charge in [0.1, 0.15) is 5.82 Å². The third kappa shape index (κ3) is 3.07. The fraction of sp³-hybridized carbons (Fsp3) is 0.167. The second-order valence-electron chi connectivity index (χ2n) is 3.66. The van der Waals surface area contributed by atoms with Crippen LogP contribution in [0.4, 0.5) is 4.39 Å². The fourth-order valence-electron chi connectivity index (χ4n) is 1.69. The molecule has 0 amide bonds. The number of nitrogens with one attached hydrogen (secondary N) is 1. The van der Waals surface area contributed by atoms with E-state index < -0.39 is 0 Å². The molecule has 1 atom stereocenters. The lowest BCUT2D eigenvalue weighted by Crippen LogP contribution is -2.17. The Hall–Kier alpha value is 0.310. The van der Waals surface area contributed by atoms with E-state index in [1.54, 1.807) is 17.4 Å². The van der Waals surface area contributed by atoms with Crippen LogP contribution in [-0.4, -0.2) is 7.05 Å². The second kappa shape index (κ2) is 6.17. The summed E-state index contributed by atoms with van der Waals surface area (Å²) in [6.45, 7) is 0. The molecule has 2 aromatic rings. The highest BCUT2D eigenvalue weighted by molar-refractivity contribution is 14.1. The summed E-state index contributed by atoms with van der Waals surface area (Å²) in [6.07, 6.45) is 0. The van der Waals surface area contributed by atoms with E-state index in [-0.39, 0.29) is 11.9 Å². The molecular weight excluding hydrogens is 451 g/mol. The Kier molecular flexibility index (Phi) is 5.05. The van der Waals surface area contributed by atoms with Crippen molar-refractivity contribution in [3.63, 3.8) is 0 Å². The van der Waals surface area contributed by atoms with E-state index >= 15 is 0 Å². The van der Waals surface area contributed by atoms with Crippen LogP contribution < -0.4 is 5.32 Å². The maximum atomic E-state index is 13.1. The van der Waals surface area contributed by atoms with Crippen LogP contribution in [0, 0.1) is 9.39 Å². The lowest BCUT2D eigenvalue weighted by molar-refractivity contribution is 0.622. The molecule has 0 aliphatic rings. The van der Waals surface area contributed by atoms with Gasteiger partial charge < -0.3 is 5.32 Å². The van der Waals surface area contributed by atoms with E-state index in [2.05, 4.69) is 43.8 Å². The predicted octanol–water partition coefficient (Wildman–Crippen LogP) is 5.22. The highest BCUT2D eigenvalue weighted by atomic mass is 127. The largest absolute Gasteiger partial charge is 0.309 e. The number of halogens is 4. The minimum absolute atomic E-state index is 0.0197. The number of hydrogen-bond donors (Lipinski definition) is 1. The number of hydrogen-bond acceptors (Lipinski definition) is 2. The van der Waals surface area contributed by atoms with Crippen LogP contribution in [0.2, 0.25) is 5.02 Å². The summed E-state index contributed by atoms with van der Waals surface area (Å²) < 4.78 is 14.9. The van der Waals surface area contributed by atoms with Crippen LogP contribution in [0.5, 0.6) is 0 Å². The molecule has 18 heavy (non-hydrogen) atoms. The van der Waals surface area contributed by atoms with Gasteiger partial charge in [-0.1, -0.05) is 17.7 Å². The Morgan fingerprint density at radius 1 is 1.44 bits per heavy atom. The number of rotatable bonds is 3. The third-order valence-corrected chi connectivity index (χ3v) is 5.98. The lowest BCUT2D eigenvalue weighted by Gasteiger charge is -2.16. The quantitative estimate of drug-likeness (QED) is 0.620. The summed E-state index contributed by atoms with van der Waals surface area (Å²) in [7, 11) is 1.88. The Morgan fingerprint density at radius 2 is 2.17 bits per heavy atom. The van der Waals surface area contributed by atoms with Gasteiger partial charge in [0.2, 0.25) is 0 Å². The SMILES string of the molecule is CNC(c1cc(Cl)c(Br)s1)c1ccc(F)cc1I. The molecule has 0 spiro atoms. The minimum Gasteiger partial charge on any atom is -0.309 e. The molecule has 0 saturated heterocycles. The first-order valence-corrected chi connectivity index (χ1v) is 8.16. The standard InChI is InChI=1S/C12H9BrClFINS/c1-17-11(10-5-8(14)12(13)18-10)7-3-2-6(15)4-9(7)16/h2-5,11,17H,1H3. The van der Waals surface area contributed by atoms with E-state index in [0.29, 0.717) is 5.02 Å². The summed E-state index contributed by atoms with van der Waals surface area (Å²) >= 11 is 13.2. The van der Waals surface area contributed by atoms with Gasteiger partial charge in [0.05, 0.1) is 14.9 Å². The second-order valence-corrected chi connectivity index (χ2v) is 7.63. The molecule has 0 saturated carbocycles. The van der Waals surface area contributed by atoms with Crippen molar-refractivity contribution in [2.24, 2.45) is 0 Å². The Labute approximate surface area is 136 Å². The lowest BCUT2D eigenvalue weighted by atomic mass is 10.1. The summed E-state index contributed by atoms with van der Waals surface area (Å²) in [5.41, 5.74) is 1.05. The number of thiophene rings is 1. The van der Waals surface area contributed by atoms with Gasteiger partial charge in [-0.15, -0.1) is 11.3 Å². The van der Waals surface area contributed by atoms with Crippen molar-refractivity contribution < 1.29 is 4.39 Å². The van der Waals surface area contributed by atoms with Crippen LogP contribution in [0.3, 0.4) is 0 Å². The van der Waals surface area contributed by atoms with Gasteiger partial charge >= 0.3 is 0 Å². The predicted molar refractivity (Wildman–Crippen MR) is 87.0 cm³/mol. The summed E-state index contributed by atoms with van der Waals surface area (Å²) in [5.74, 6) is -0.219. The minimum atomic E-state index is -0.219.